The van der Waals surface area contributed by atoms with Crippen molar-refractivity contribution in [3.63, 3.8) is 0 Å². The molecule has 2 aliphatic rings. The van der Waals surface area contributed by atoms with Gasteiger partial charge in [-0.25, -0.2) is 18.4 Å². The number of carbonyl (C=O) groups excluding carboxylic acids is 1. The number of hydrogen-bond donors (Lipinski definition) is 1. The number of rotatable bonds is 5. The molecular formula is C28H27N5O4S. The van der Waals surface area contributed by atoms with Crippen LogP contribution in [-0.2, 0) is 27.7 Å². The Morgan fingerprint density at radius 1 is 1.08 bits per heavy atom. The van der Waals surface area contributed by atoms with Crippen LogP contribution in [0.25, 0.3) is 22.3 Å². The van der Waals surface area contributed by atoms with Gasteiger partial charge in [-0.15, -0.1) is 0 Å². The zero-order chi connectivity index (χ0) is 26.3. The van der Waals surface area contributed by atoms with E-state index in [1.807, 2.05) is 36.4 Å². The molecule has 1 aromatic carbocycles. The van der Waals surface area contributed by atoms with Gasteiger partial charge in [0.05, 0.1) is 52.5 Å². The smallest absolute Gasteiger partial charge is 0.251 e. The van der Waals surface area contributed by atoms with Crippen molar-refractivity contribution in [2.24, 2.45) is 0 Å². The number of nitrogens with zero attached hydrogens (tertiary/aromatic N) is 4. The van der Waals surface area contributed by atoms with Crippen LogP contribution < -0.4 is 10.2 Å². The van der Waals surface area contributed by atoms with E-state index in [-0.39, 0.29) is 36.1 Å². The third-order valence-corrected chi connectivity index (χ3v) is 9.20. The summed E-state index contributed by atoms with van der Waals surface area (Å²) in [5, 5.41) is 3.06. The lowest BCUT2D eigenvalue weighted by Crippen LogP contribution is -2.37. The van der Waals surface area contributed by atoms with Gasteiger partial charge in [-0.3, -0.25) is 9.78 Å². The first kappa shape index (κ1) is 24.4. The first-order chi connectivity index (χ1) is 18.4. The van der Waals surface area contributed by atoms with Gasteiger partial charge in [-0.1, -0.05) is 12.1 Å². The molecule has 6 rings (SSSR count). The van der Waals surface area contributed by atoms with Gasteiger partial charge in [0.2, 0.25) is 0 Å². The average Bonchev–Trinajstić information content (AvgIpc) is 3.01. The number of carbonyl (C=O) groups is 1. The highest BCUT2D eigenvalue weighted by atomic mass is 32.2. The normalized spacial score (nSPS) is 18.3. The summed E-state index contributed by atoms with van der Waals surface area (Å²) < 4.78 is 31.2. The average molecular weight is 530 g/mol. The molecule has 194 valence electrons. The highest BCUT2D eigenvalue weighted by Gasteiger charge is 2.30. The van der Waals surface area contributed by atoms with E-state index in [1.165, 1.54) is 12.5 Å². The summed E-state index contributed by atoms with van der Waals surface area (Å²) in [4.78, 5) is 29.3. The molecule has 0 radical (unpaired) electrons. The van der Waals surface area contributed by atoms with E-state index in [0.717, 1.165) is 41.2 Å². The van der Waals surface area contributed by atoms with Gasteiger partial charge in [0.25, 0.3) is 5.91 Å². The van der Waals surface area contributed by atoms with Crippen LogP contribution in [0.3, 0.4) is 0 Å². The quantitative estimate of drug-likeness (QED) is 0.418. The first-order valence-electron chi connectivity index (χ1n) is 12.6. The second-order valence-electron chi connectivity index (χ2n) is 9.66. The van der Waals surface area contributed by atoms with Gasteiger partial charge in [0.15, 0.2) is 9.84 Å². The van der Waals surface area contributed by atoms with Gasteiger partial charge in [0, 0.05) is 30.2 Å². The molecule has 4 aromatic rings. The predicted octanol–water partition coefficient (Wildman–Crippen LogP) is 3.52. The Balaban J connectivity index is 1.21. The van der Waals surface area contributed by atoms with Crippen LogP contribution in [0.1, 0.15) is 35.0 Å². The minimum Gasteiger partial charge on any atom is -0.375 e. The van der Waals surface area contributed by atoms with Crippen LogP contribution in [0.2, 0.25) is 0 Å². The van der Waals surface area contributed by atoms with E-state index < -0.39 is 15.1 Å². The summed E-state index contributed by atoms with van der Waals surface area (Å²) in [5.41, 5.74) is 3.81. The van der Waals surface area contributed by atoms with E-state index in [0.29, 0.717) is 11.3 Å². The lowest BCUT2D eigenvalue weighted by atomic mass is 10.1. The molecule has 1 saturated heterocycles. The molecule has 5 heterocycles. The molecule has 0 saturated carbocycles. The maximum Gasteiger partial charge on any atom is 0.251 e. The highest BCUT2D eigenvalue weighted by molar-refractivity contribution is 7.92. The number of nitrogens with one attached hydrogen (secondary N) is 1. The molecular weight excluding hydrogens is 502 g/mol. The van der Waals surface area contributed by atoms with Gasteiger partial charge in [-0.05, 0) is 61.4 Å². The number of benzene rings is 1. The van der Waals surface area contributed by atoms with Crippen LogP contribution in [0.4, 0.5) is 5.82 Å². The Morgan fingerprint density at radius 3 is 2.74 bits per heavy atom. The fourth-order valence-electron chi connectivity index (χ4n) is 4.58. The Bertz CT molecular complexity index is 1650. The maximum absolute atomic E-state index is 12.9. The molecule has 1 atom stereocenters. The van der Waals surface area contributed by atoms with Crippen LogP contribution in [0.5, 0.6) is 0 Å². The lowest BCUT2D eigenvalue weighted by Gasteiger charge is -2.32. The van der Waals surface area contributed by atoms with Crippen molar-refractivity contribution in [2.75, 3.05) is 24.6 Å². The van der Waals surface area contributed by atoms with Crippen molar-refractivity contribution in [3.05, 3.63) is 77.6 Å². The second kappa shape index (κ2) is 9.77. The molecule has 38 heavy (non-hydrogen) atoms. The van der Waals surface area contributed by atoms with Gasteiger partial charge < -0.3 is 15.0 Å². The van der Waals surface area contributed by atoms with Crippen molar-refractivity contribution < 1.29 is 17.9 Å². The van der Waals surface area contributed by atoms with Gasteiger partial charge in [-0.2, -0.15) is 0 Å². The standard InChI is InChI=1S/C28H27N5O4S/c1-18-16-37-17-21-7-6-19(12-26(21)38(18,35)36)28(34)30-15-22-13-25-20(14-29-22)8-9-24(31-25)23-4-2-5-27(32-23)33-10-3-11-33/h2,4-9,12-14,18H,3,10-11,15-17H2,1H3,(H,30,34)/t18-/m0/s1. The molecule has 10 heteroatoms. The van der Waals surface area contributed by atoms with Crippen LogP contribution >= 0.6 is 0 Å². The number of anilines is 1. The van der Waals surface area contributed by atoms with E-state index in [2.05, 4.69) is 15.2 Å². The molecule has 0 bridgehead atoms. The van der Waals surface area contributed by atoms with Crippen LogP contribution in [-0.4, -0.2) is 54.2 Å². The topological polar surface area (TPSA) is 114 Å². The minimum atomic E-state index is -3.57. The van der Waals surface area contributed by atoms with E-state index in [4.69, 9.17) is 14.7 Å². The van der Waals surface area contributed by atoms with Crippen molar-refractivity contribution in [1.29, 1.82) is 0 Å². The minimum absolute atomic E-state index is 0.127. The number of hydrogen-bond acceptors (Lipinski definition) is 8. The highest BCUT2D eigenvalue weighted by Crippen LogP contribution is 2.27. The molecule has 0 aliphatic carbocycles. The Kier molecular flexibility index (Phi) is 6.29. The zero-order valence-corrected chi connectivity index (χ0v) is 21.7. The second-order valence-corrected chi connectivity index (χ2v) is 12.0. The number of pyridine rings is 3. The van der Waals surface area contributed by atoms with Gasteiger partial charge >= 0.3 is 0 Å². The summed E-state index contributed by atoms with van der Waals surface area (Å²) >= 11 is 0. The van der Waals surface area contributed by atoms with E-state index in [1.54, 1.807) is 25.3 Å². The number of sulfone groups is 1. The SMILES string of the molecule is C[C@H]1COCc2ccc(C(=O)NCc3cc4nc(-c5cccc(N6CCC6)n5)ccc4cn3)cc2S1(=O)=O. The Hall–Kier alpha value is -3.89. The maximum atomic E-state index is 12.9. The fraction of sp³-hybridized carbons (Fsp3) is 0.286. The third kappa shape index (κ3) is 4.61. The lowest BCUT2D eigenvalue weighted by molar-refractivity contribution is 0.0950. The monoisotopic (exact) mass is 529 g/mol. The molecule has 2 aliphatic heterocycles. The van der Waals surface area contributed by atoms with E-state index in [9.17, 15) is 13.2 Å². The zero-order valence-electron chi connectivity index (χ0n) is 20.9. The summed E-state index contributed by atoms with van der Waals surface area (Å²) in [6.07, 6.45) is 2.92. The summed E-state index contributed by atoms with van der Waals surface area (Å²) in [6, 6.07) is 16.4. The van der Waals surface area contributed by atoms with Crippen molar-refractivity contribution in [2.45, 2.75) is 36.6 Å². The van der Waals surface area contributed by atoms with Crippen molar-refractivity contribution in [1.82, 2.24) is 20.3 Å². The molecule has 1 fully saturated rings. The largest absolute Gasteiger partial charge is 0.375 e. The number of fused-ring (bicyclic) bond motifs is 2. The summed E-state index contributed by atoms with van der Waals surface area (Å²) in [5.74, 6) is 0.581. The van der Waals surface area contributed by atoms with Crippen molar-refractivity contribution in [3.8, 4) is 11.4 Å². The van der Waals surface area contributed by atoms with Crippen molar-refractivity contribution >= 4 is 32.5 Å². The van der Waals surface area contributed by atoms with Gasteiger partial charge in [0.1, 0.15) is 5.82 Å². The predicted molar refractivity (Wildman–Crippen MR) is 144 cm³/mol. The first-order valence-corrected chi connectivity index (χ1v) is 14.1. The molecule has 1 amide bonds. The van der Waals surface area contributed by atoms with Crippen LogP contribution in [0, 0.1) is 0 Å². The fourth-order valence-corrected chi connectivity index (χ4v) is 6.07. The molecule has 9 nitrogen and oxygen atoms in total. The Labute approximate surface area is 220 Å². The third-order valence-electron chi connectivity index (χ3n) is 7.01. The number of amides is 1. The van der Waals surface area contributed by atoms with Crippen LogP contribution in [0.15, 0.2) is 65.7 Å². The molecule has 1 N–H and O–H groups in total. The summed E-state index contributed by atoms with van der Waals surface area (Å²) in [6.45, 7) is 4.17. The molecule has 0 spiro atoms. The number of ether oxygens (including phenoxy) is 1. The van der Waals surface area contributed by atoms with E-state index >= 15 is 0 Å². The summed E-state index contributed by atoms with van der Waals surface area (Å²) in [7, 11) is -3.57. The molecule has 3 aromatic heterocycles. The Morgan fingerprint density at radius 2 is 1.92 bits per heavy atom. The molecule has 0 unspecified atom stereocenters. The number of aromatic nitrogens is 3.